The molecule has 0 radical (unpaired) electrons. The molecule has 2 N–H and O–H groups in total. The number of morpholine rings is 1. The molecule has 0 amide bonds. The van der Waals surface area contributed by atoms with Crippen LogP contribution >= 0.6 is 0 Å². The fourth-order valence-electron chi connectivity index (χ4n) is 3.59. The Labute approximate surface area is 191 Å². The number of benzene rings is 2. The molecule has 1 aliphatic heterocycles. The van der Waals surface area contributed by atoms with Crippen molar-refractivity contribution in [1.82, 2.24) is 15.5 Å². The van der Waals surface area contributed by atoms with Crippen molar-refractivity contribution in [2.24, 2.45) is 4.99 Å². The van der Waals surface area contributed by atoms with E-state index in [9.17, 15) is 0 Å². The van der Waals surface area contributed by atoms with Crippen LogP contribution in [-0.2, 0) is 17.7 Å². The predicted octanol–water partition coefficient (Wildman–Crippen LogP) is 2.70. The monoisotopic (exact) mass is 440 g/mol. The van der Waals surface area contributed by atoms with Crippen molar-refractivity contribution in [2.45, 2.75) is 19.9 Å². The van der Waals surface area contributed by atoms with Crippen LogP contribution in [0.3, 0.4) is 0 Å². The van der Waals surface area contributed by atoms with Gasteiger partial charge >= 0.3 is 0 Å². The molecule has 0 atom stereocenters. The molecule has 3 rings (SSSR count). The third-order valence-electron chi connectivity index (χ3n) is 5.32. The molecule has 2 aromatic rings. The lowest BCUT2D eigenvalue weighted by Crippen LogP contribution is -2.38. The highest BCUT2D eigenvalue weighted by atomic mass is 16.5. The lowest BCUT2D eigenvalue weighted by Gasteiger charge is -2.26. The van der Waals surface area contributed by atoms with Crippen LogP contribution in [0.15, 0.2) is 53.5 Å². The van der Waals surface area contributed by atoms with Gasteiger partial charge in [0.1, 0.15) is 18.1 Å². The molecule has 0 saturated carbocycles. The SMILES string of the molecule is CCNC(=NCc1cccc(OCCN2CCOCC2)c1)NCCc1ccccc1OC. The average molecular weight is 441 g/mol. The van der Waals surface area contributed by atoms with E-state index >= 15 is 0 Å². The van der Waals surface area contributed by atoms with Crippen molar-refractivity contribution in [3.8, 4) is 11.5 Å². The zero-order valence-electron chi connectivity index (χ0n) is 19.3. The summed E-state index contributed by atoms with van der Waals surface area (Å²) in [6, 6.07) is 16.3. The van der Waals surface area contributed by atoms with Crippen LogP contribution in [0.4, 0.5) is 0 Å². The Bertz CT molecular complexity index is 837. The minimum absolute atomic E-state index is 0.588. The zero-order chi connectivity index (χ0) is 22.4. The molecule has 2 aromatic carbocycles. The summed E-state index contributed by atoms with van der Waals surface area (Å²) in [7, 11) is 1.71. The summed E-state index contributed by atoms with van der Waals surface area (Å²) >= 11 is 0. The summed E-state index contributed by atoms with van der Waals surface area (Å²) in [5, 5.41) is 6.73. The van der Waals surface area contributed by atoms with Gasteiger partial charge in [-0.1, -0.05) is 30.3 Å². The van der Waals surface area contributed by atoms with Gasteiger partial charge in [-0.15, -0.1) is 0 Å². The number of rotatable bonds is 11. The second-order valence-corrected chi connectivity index (χ2v) is 7.63. The maximum absolute atomic E-state index is 5.97. The molecule has 0 unspecified atom stereocenters. The smallest absolute Gasteiger partial charge is 0.191 e. The van der Waals surface area contributed by atoms with Gasteiger partial charge in [-0.25, -0.2) is 4.99 Å². The second-order valence-electron chi connectivity index (χ2n) is 7.63. The summed E-state index contributed by atoms with van der Waals surface area (Å²) in [5.41, 5.74) is 2.30. The highest BCUT2D eigenvalue weighted by Gasteiger charge is 2.10. The molecular formula is C25H36N4O3. The lowest BCUT2D eigenvalue weighted by atomic mass is 10.1. The van der Waals surface area contributed by atoms with E-state index in [-0.39, 0.29) is 0 Å². The molecule has 32 heavy (non-hydrogen) atoms. The Morgan fingerprint density at radius 1 is 1.09 bits per heavy atom. The highest BCUT2D eigenvalue weighted by Crippen LogP contribution is 2.17. The van der Waals surface area contributed by atoms with Crippen LogP contribution in [-0.4, -0.2) is 70.5 Å². The van der Waals surface area contributed by atoms with E-state index in [1.807, 2.05) is 30.3 Å². The van der Waals surface area contributed by atoms with Crippen LogP contribution < -0.4 is 20.1 Å². The molecule has 7 nitrogen and oxygen atoms in total. The second kappa shape index (κ2) is 13.6. The number of hydrogen-bond acceptors (Lipinski definition) is 5. The van der Waals surface area contributed by atoms with E-state index in [4.69, 9.17) is 19.2 Å². The van der Waals surface area contributed by atoms with Gasteiger partial charge in [0, 0.05) is 32.7 Å². The number of hydrogen-bond donors (Lipinski definition) is 2. The van der Waals surface area contributed by atoms with Crippen molar-refractivity contribution in [1.29, 1.82) is 0 Å². The summed E-state index contributed by atoms with van der Waals surface area (Å²) in [6.45, 7) is 9.44. The quantitative estimate of drug-likeness (QED) is 0.414. The molecule has 0 bridgehead atoms. The van der Waals surface area contributed by atoms with E-state index < -0.39 is 0 Å². The molecule has 174 valence electrons. The summed E-state index contributed by atoms with van der Waals surface area (Å²) in [4.78, 5) is 7.11. The largest absolute Gasteiger partial charge is 0.496 e. The molecule has 1 aliphatic rings. The number of ether oxygens (including phenoxy) is 3. The number of nitrogens with zero attached hydrogens (tertiary/aromatic N) is 2. The molecule has 1 heterocycles. The molecular weight excluding hydrogens is 404 g/mol. The molecule has 7 heteroatoms. The third kappa shape index (κ3) is 8.05. The van der Waals surface area contributed by atoms with Crippen LogP contribution in [0.5, 0.6) is 11.5 Å². The van der Waals surface area contributed by atoms with Gasteiger partial charge < -0.3 is 24.8 Å². The molecule has 1 fully saturated rings. The predicted molar refractivity (Wildman–Crippen MR) is 129 cm³/mol. The van der Waals surface area contributed by atoms with E-state index in [1.54, 1.807) is 7.11 Å². The van der Waals surface area contributed by atoms with Gasteiger partial charge in [0.25, 0.3) is 0 Å². The van der Waals surface area contributed by atoms with Gasteiger partial charge in [-0.05, 0) is 42.7 Å². The standard InChI is InChI=1S/C25H36N4O3/c1-3-26-25(27-12-11-22-8-4-5-10-24(22)30-2)28-20-21-7-6-9-23(19-21)32-18-15-29-13-16-31-17-14-29/h4-10,19H,3,11-18,20H2,1-2H3,(H2,26,27,28). The van der Waals surface area contributed by atoms with Crippen LogP contribution in [0, 0.1) is 0 Å². The number of nitrogens with one attached hydrogen (secondary N) is 2. The summed E-state index contributed by atoms with van der Waals surface area (Å²) < 4.78 is 16.8. The Balaban J connectivity index is 1.47. The van der Waals surface area contributed by atoms with Gasteiger partial charge in [0.15, 0.2) is 5.96 Å². The Hall–Kier alpha value is -2.77. The normalized spacial score (nSPS) is 14.8. The fourth-order valence-corrected chi connectivity index (χ4v) is 3.59. The Kier molecular flexibility index (Phi) is 10.2. The average Bonchev–Trinajstić information content (AvgIpc) is 2.84. The van der Waals surface area contributed by atoms with Crippen molar-refractivity contribution in [2.75, 3.05) is 59.7 Å². The highest BCUT2D eigenvalue weighted by molar-refractivity contribution is 5.79. The molecule has 0 spiro atoms. The first-order chi connectivity index (χ1) is 15.8. The third-order valence-corrected chi connectivity index (χ3v) is 5.32. The van der Waals surface area contributed by atoms with Crippen LogP contribution in [0.25, 0.3) is 0 Å². The lowest BCUT2D eigenvalue weighted by molar-refractivity contribution is 0.0322. The van der Waals surface area contributed by atoms with Gasteiger partial charge in [0.05, 0.1) is 26.9 Å². The molecule has 0 aromatic heterocycles. The maximum atomic E-state index is 5.97. The topological polar surface area (TPSA) is 67.4 Å². The van der Waals surface area contributed by atoms with Gasteiger partial charge in [-0.2, -0.15) is 0 Å². The zero-order valence-corrected chi connectivity index (χ0v) is 19.3. The first-order valence-corrected chi connectivity index (χ1v) is 11.4. The fraction of sp³-hybridized carbons (Fsp3) is 0.480. The van der Waals surface area contributed by atoms with Crippen molar-refractivity contribution < 1.29 is 14.2 Å². The van der Waals surface area contributed by atoms with E-state index in [2.05, 4.69) is 40.7 Å². The van der Waals surface area contributed by atoms with E-state index in [0.717, 1.165) is 75.4 Å². The minimum Gasteiger partial charge on any atom is -0.496 e. The minimum atomic E-state index is 0.588. The number of para-hydroxylation sites is 1. The molecule has 1 saturated heterocycles. The van der Waals surface area contributed by atoms with Crippen molar-refractivity contribution >= 4 is 5.96 Å². The van der Waals surface area contributed by atoms with Gasteiger partial charge in [-0.3, -0.25) is 4.90 Å². The number of aliphatic imine (C=N–C) groups is 1. The van der Waals surface area contributed by atoms with E-state index in [1.165, 1.54) is 5.56 Å². The maximum Gasteiger partial charge on any atom is 0.191 e. The van der Waals surface area contributed by atoms with Gasteiger partial charge in [0.2, 0.25) is 0 Å². The summed E-state index contributed by atoms with van der Waals surface area (Å²) in [6.07, 6.45) is 0.862. The van der Waals surface area contributed by atoms with E-state index in [0.29, 0.717) is 13.2 Å². The van der Waals surface area contributed by atoms with Crippen molar-refractivity contribution in [3.05, 3.63) is 59.7 Å². The first kappa shape index (κ1) is 23.9. The Morgan fingerprint density at radius 3 is 2.75 bits per heavy atom. The number of guanidine groups is 1. The van der Waals surface area contributed by atoms with Crippen LogP contribution in [0.1, 0.15) is 18.1 Å². The summed E-state index contributed by atoms with van der Waals surface area (Å²) in [5.74, 6) is 2.61. The van der Waals surface area contributed by atoms with Crippen molar-refractivity contribution in [3.63, 3.8) is 0 Å². The first-order valence-electron chi connectivity index (χ1n) is 11.4. The van der Waals surface area contributed by atoms with Crippen LogP contribution in [0.2, 0.25) is 0 Å². The molecule has 0 aliphatic carbocycles. The number of methoxy groups -OCH3 is 1. The Morgan fingerprint density at radius 2 is 1.94 bits per heavy atom.